The smallest absolute Gasteiger partial charge is 0.123 e. The maximum absolute atomic E-state index is 9.71. The average Bonchev–Trinajstić information content (AvgIpc) is 2.79. The number of rotatable bonds is 6. The predicted molar refractivity (Wildman–Crippen MR) is 74.2 cm³/mol. The van der Waals surface area contributed by atoms with Gasteiger partial charge in [0, 0.05) is 11.1 Å². The molecule has 0 unspecified atom stereocenters. The summed E-state index contributed by atoms with van der Waals surface area (Å²) in [4.78, 5) is 0. The minimum absolute atomic E-state index is 0.346. The molecule has 0 fully saturated rings. The van der Waals surface area contributed by atoms with E-state index in [4.69, 9.17) is 4.74 Å². The molecule has 1 N–H and O–H groups in total. The maximum Gasteiger partial charge on any atom is 0.123 e. The van der Waals surface area contributed by atoms with Crippen molar-refractivity contribution in [1.29, 1.82) is 0 Å². The molecule has 1 heterocycles. The Balaban J connectivity index is 1.87. The molecule has 0 bridgehead atoms. The quantitative estimate of drug-likeness (QED) is 0.742. The van der Waals surface area contributed by atoms with Crippen molar-refractivity contribution < 1.29 is 9.84 Å². The van der Waals surface area contributed by atoms with Crippen molar-refractivity contribution in [2.75, 3.05) is 0 Å². The SMILES string of the molecule is CCCCCCC/C=C1\OCc2c(O)cccc21. The lowest BCUT2D eigenvalue weighted by molar-refractivity contribution is 0.280. The van der Waals surface area contributed by atoms with Gasteiger partial charge in [-0.2, -0.15) is 0 Å². The van der Waals surface area contributed by atoms with Crippen molar-refractivity contribution in [3.8, 4) is 5.75 Å². The lowest BCUT2D eigenvalue weighted by Crippen LogP contribution is -1.82. The fourth-order valence-corrected chi connectivity index (χ4v) is 2.33. The zero-order valence-electron chi connectivity index (χ0n) is 11.1. The van der Waals surface area contributed by atoms with E-state index in [1.165, 1.54) is 32.1 Å². The monoisotopic (exact) mass is 246 g/mol. The highest BCUT2D eigenvalue weighted by atomic mass is 16.5. The van der Waals surface area contributed by atoms with Crippen LogP contribution in [0.3, 0.4) is 0 Å². The molecule has 0 aliphatic carbocycles. The Kier molecular flexibility index (Phi) is 4.68. The predicted octanol–water partition coefficient (Wildman–Crippen LogP) is 4.62. The highest BCUT2D eigenvalue weighted by Crippen LogP contribution is 2.35. The first-order valence-corrected chi connectivity index (χ1v) is 6.97. The molecule has 0 spiro atoms. The van der Waals surface area contributed by atoms with E-state index in [1.807, 2.05) is 12.1 Å². The third-order valence-corrected chi connectivity index (χ3v) is 3.43. The topological polar surface area (TPSA) is 29.5 Å². The Morgan fingerprint density at radius 2 is 2.06 bits per heavy atom. The zero-order valence-corrected chi connectivity index (χ0v) is 11.1. The molecule has 98 valence electrons. The molecule has 1 aliphatic rings. The van der Waals surface area contributed by atoms with Crippen LogP contribution in [0.5, 0.6) is 5.75 Å². The van der Waals surface area contributed by atoms with Crippen LogP contribution in [0.25, 0.3) is 5.76 Å². The Bertz CT molecular complexity index is 421. The van der Waals surface area contributed by atoms with Gasteiger partial charge >= 0.3 is 0 Å². The van der Waals surface area contributed by atoms with Crippen LogP contribution in [0.1, 0.15) is 56.6 Å². The number of ether oxygens (including phenoxy) is 1. The van der Waals surface area contributed by atoms with Crippen molar-refractivity contribution in [1.82, 2.24) is 0 Å². The number of hydrogen-bond donors (Lipinski definition) is 1. The molecule has 1 aromatic rings. The maximum atomic E-state index is 9.71. The molecule has 0 radical (unpaired) electrons. The van der Waals surface area contributed by atoms with E-state index in [-0.39, 0.29) is 0 Å². The molecule has 2 heteroatoms. The third kappa shape index (κ3) is 3.06. The summed E-state index contributed by atoms with van der Waals surface area (Å²) in [5, 5.41) is 9.71. The number of unbranched alkanes of at least 4 members (excludes halogenated alkanes) is 5. The second-order valence-electron chi connectivity index (χ2n) is 4.86. The number of phenols is 1. The number of phenolic OH excluding ortho intramolecular Hbond substituents is 1. The molecule has 0 saturated carbocycles. The molecule has 2 rings (SSSR count). The summed E-state index contributed by atoms with van der Waals surface area (Å²) in [7, 11) is 0. The van der Waals surface area contributed by atoms with E-state index in [0.29, 0.717) is 12.4 Å². The highest BCUT2D eigenvalue weighted by Gasteiger charge is 2.19. The van der Waals surface area contributed by atoms with Crippen LogP contribution in [0.2, 0.25) is 0 Å². The second-order valence-corrected chi connectivity index (χ2v) is 4.86. The Labute approximate surface area is 109 Å². The molecule has 0 amide bonds. The second kappa shape index (κ2) is 6.48. The van der Waals surface area contributed by atoms with E-state index < -0.39 is 0 Å². The van der Waals surface area contributed by atoms with Gasteiger partial charge in [-0.3, -0.25) is 0 Å². The van der Waals surface area contributed by atoms with Crippen LogP contribution >= 0.6 is 0 Å². The summed E-state index contributed by atoms with van der Waals surface area (Å²) in [5.41, 5.74) is 1.98. The van der Waals surface area contributed by atoms with Gasteiger partial charge in [0.05, 0.1) is 0 Å². The number of hydrogen-bond acceptors (Lipinski definition) is 2. The fraction of sp³-hybridized carbons (Fsp3) is 0.500. The largest absolute Gasteiger partial charge is 0.508 e. The van der Waals surface area contributed by atoms with Crippen LogP contribution in [0.4, 0.5) is 0 Å². The summed E-state index contributed by atoms with van der Waals surface area (Å²) in [5.74, 6) is 1.29. The van der Waals surface area contributed by atoms with Crippen molar-refractivity contribution in [3.63, 3.8) is 0 Å². The van der Waals surface area contributed by atoms with Gasteiger partial charge in [-0.15, -0.1) is 0 Å². The van der Waals surface area contributed by atoms with Gasteiger partial charge in [0.25, 0.3) is 0 Å². The van der Waals surface area contributed by atoms with Crippen molar-refractivity contribution in [2.45, 2.75) is 52.1 Å². The normalized spacial score (nSPS) is 15.7. The standard InChI is InChI=1S/C16H22O2/c1-2-3-4-5-6-7-11-16-13-9-8-10-15(17)14(13)12-18-16/h8-11,17H,2-7,12H2,1H3/b16-11-. The molecule has 2 nitrogen and oxygen atoms in total. The Hall–Kier alpha value is -1.44. The van der Waals surface area contributed by atoms with E-state index in [0.717, 1.165) is 23.3 Å². The summed E-state index contributed by atoms with van der Waals surface area (Å²) >= 11 is 0. The van der Waals surface area contributed by atoms with Gasteiger partial charge in [-0.05, 0) is 25.0 Å². The Morgan fingerprint density at radius 1 is 1.22 bits per heavy atom. The first-order chi connectivity index (χ1) is 8.83. The summed E-state index contributed by atoms with van der Waals surface area (Å²) in [6.07, 6.45) is 9.70. The van der Waals surface area contributed by atoms with Crippen LogP contribution in [0, 0.1) is 0 Å². The van der Waals surface area contributed by atoms with Gasteiger partial charge in [0.15, 0.2) is 0 Å². The summed E-state index contributed by atoms with van der Waals surface area (Å²) in [6.45, 7) is 2.74. The van der Waals surface area contributed by atoms with E-state index in [1.54, 1.807) is 6.07 Å². The lowest BCUT2D eigenvalue weighted by atomic mass is 10.1. The first kappa shape index (κ1) is 13.0. The molecular formula is C16H22O2. The molecule has 18 heavy (non-hydrogen) atoms. The number of benzene rings is 1. The molecular weight excluding hydrogens is 224 g/mol. The van der Waals surface area contributed by atoms with Gasteiger partial charge < -0.3 is 9.84 Å². The van der Waals surface area contributed by atoms with Gasteiger partial charge in [-0.25, -0.2) is 0 Å². The lowest BCUT2D eigenvalue weighted by Gasteiger charge is -2.01. The zero-order chi connectivity index (χ0) is 12.8. The first-order valence-electron chi connectivity index (χ1n) is 6.97. The van der Waals surface area contributed by atoms with Crippen LogP contribution in [-0.4, -0.2) is 5.11 Å². The number of allylic oxidation sites excluding steroid dienone is 1. The highest BCUT2D eigenvalue weighted by molar-refractivity contribution is 5.68. The number of fused-ring (bicyclic) bond motifs is 1. The van der Waals surface area contributed by atoms with E-state index in [2.05, 4.69) is 13.0 Å². The minimum atomic E-state index is 0.346. The average molecular weight is 246 g/mol. The minimum Gasteiger partial charge on any atom is -0.508 e. The van der Waals surface area contributed by atoms with Crippen molar-refractivity contribution >= 4 is 5.76 Å². The van der Waals surface area contributed by atoms with E-state index in [9.17, 15) is 5.11 Å². The Morgan fingerprint density at radius 3 is 2.89 bits per heavy atom. The van der Waals surface area contributed by atoms with Crippen molar-refractivity contribution in [3.05, 3.63) is 35.4 Å². The molecule has 0 atom stereocenters. The van der Waals surface area contributed by atoms with Crippen molar-refractivity contribution in [2.24, 2.45) is 0 Å². The van der Waals surface area contributed by atoms with Crippen LogP contribution in [-0.2, 0) is 11.3 Å². The summed E-state index contributed by atoms with van der Waals surface area (Å²) in [6, 6.07) is 5.61. The molecule has 0 aromatic heterocycles. The molecule has 0 saturated heterocycles. The van der Waals surface area contributed by atoms with E-state index >= 15 is 0 Å². The van der Waals surface area contributed by atoms with Crippen LogP contribution in [0.15, 0.2) is 24.3 Å². The van der Waals surface area contributed by atoms with Gasteiger partial charge in [0.1, 0.15) is 18.1 Å². The molecule has 1 aliphatic heterocycles. The third-order valence-electron chi connectivity index (χ3n) is 3.43. The van der Waals surface area contributed by atoms with Gasteiger partial charge in [0.2, 0.25) is 0 Å². The van der Waals surface area contributed by atoms with Crippen LogP contribution < -0.4 is 0 Å². The number of aromatic hydroxyl groups is 1. The fourth-order valence-electron chi connectivity index (χ4n) is 2.33. The molecule has 1 aromatic carbocycles. The van der Waals surface area contributed by atoms with Gasteiger partial charge in [-0.1, -0.05) is 44.7 Å². The summed E-state index contributed by atoms with van der Waals surface area (Å²) < 4.78 is 5.63.